The van der Waals surface area contributed by atoms with Crippen LogP contribution in [0.25, 0.3) is 0 Å². The Bertz CT molecular complexity index is 513. The zero-order valence-corrected chi connectivity index (χ0v) is 11.8. The van der Waals surface area contributed by atoms with Crippen LogP contribution in [0.5, 0.6) is 0 Å². The van der Waals surface area contributed by atoms with Crippen LogP contribution in [0, 0.1) is 0 Å². The summed E-state index contributed by atoms with van der Waals surface area (Å²) in [5.74, 6) is -1.06. The van der Waals surface area contributed by atoms with E-state index in [4.69, 9.17) is 5.11 Å². The number of rotatable bonds is 4. The maximum absolute atomic E-state index is 11.9. The summed E-state index contributed by atoms with van der Waals surface area (Å²) in [6.07, 6.45) is 1.39. The van der Waals surface area contributed by atoms with Gasteiger partial charge in [0.05, 0.1) is 18.8 Å². The van der Waals surface area contributed by atoms with Gasteiger partial charge in [0.1, 0.15) is 0 Å². The lowest BCUT2D eigenvalue weighted by Gasteiger charge is -2.39. The highest BCUT2D eigenvalue weighted by Gasteiger charge is 2.33. The molecule has 8 heteroatoms. The lowest BCUT2D eigenvalue weighted by Crippen LogP contribution is -2.54. The second-order valence-corrected chi connectivity index (χ2v) is 5.95. The molecule has 2 rings (SSSR count). The van der Waals surface area contributed by atoms with Crippen molar-refractivity contribution >= 4 is 11.9 Å². The molecule has 0 bridgehead atoms. The third kappa shape index (κ3) is 3.32. The summed E-state index contributed by atoms with van der Waals surface area (Å²) in [6, 6.07) is 0.00851. The second-order valence-electron chi connectivity index (χ2n) is 5.95. The second kappa shape index (κ2) is 5.20. The number of carboxylic acids is 1. The first-order valence-electron chi connectivity index (χ1n) is 6.44. The van der Waals surface area contributed by atoms with Crippen LogP contribution < -0.4 is 5.32 Å². The van der Waals surface area contributed by atoms with Gasteiger partial charge in [-0.1, -0.05) is 5.21 Å². The standard InChI is InChI=1S/C12H19N5O3/c1-12(2,3)13-4-10(18)16-5-8(6-16)17-7-9(11(19)20)14-15-17/h7-8,13H,4-6H2,1-3H3,(H,19,20). The number of nitrogens with zero attached hydrogens (tertiary/aromatic N) is 4. The number of aromatic nitrogens is 3. The third-order valence-corrected chi connectivity index (χ3v) is 3.09. The van der Waals surface area contributed by atoms with E-state index in [2.05, 4.69) is 15.6 Å². The molecule has 2 N–H and O–H groups in total. The zero-order chi connectivity index (χ0) is 14.9. The predicted octanol–water partition coefficient (Wildman–Crippen LogP) is -0.252. The number of carbonyl (C=O) groups excluding carboxylic acids is 1. The number of hydrogen-bond acceptors (Lipinski definition) is 5. The molecule has 0 radical (unpaired) electrons. The number of carboxylic acid groups (broad SMARTS) is 1. The number of hydrogen-bond donors (Lipinski definition) is 2. The molecule has 20 heavy (non-hydrogen) atoms. The van der Waals surface area contributed by atoms with E-state index < -0.39 is 5.97 Å². The van der Waals surface area contributed by atoms with Crippen LogP contribution >= 0.6 is 0 Å². The van der Waals surface area contributed by atoms with E-state index >= 15 is 0 Å². The predicted molar refractivity (Wildman–Crippen MR) is 70.4 cm³/mol. The van der Waals surface area contributed by atoms with Gasteiger partial charge >= 0.3 is 5.97 Å². The fourth-order valence-electron chi connectivity index (χ4n) is 1.83. The van der Waals surface area contributed by atoms with Gasteiger partial charge in [-0.25, -0.2) is 9.48 Å². The van der Waals surface area contributed by atoms with Crippen molar-refractivity contribution in [3.8, 4) is 0 Å². The highest BCUT2D eigenvalue weighted by Crippen LogP contribution is 2.20. The molecule has 1 aliphatic rings. The number of nitrogens with one attached hydrogen (secondary N) is 1. The van der Waals surface area contributed by atoms with Crippen molar-refractivity contribution in [2.75, 3.05) is 19.6 Å². The van der Waals surface area contributed by atoms with Gasteiger partial charge in [-0.3, -0.25) is 4.79 Å². The molecule has 110 valence electrons. The van der Waals surface area contributed by atoms with Crippen molar-refractivity contribution in [1.82, 2.24) is 25.2 Å². The molecule has 2 heterocycles. The smallest absolute Gasteiger partial charge is 0.358 e. The molecule has 0 atom stereocenters. The van der Waals surface area contributed by atoms with Gasteiger partial charge in [-0.2, -0.15) is 0 Å². The lowest BCUT2D eigenvalue weighted by atomic mass is 10.1. The fraction of sp³-hybridized carbons (Fsp3) is 0.667. The minimum atomic E-state index is -1.10. The Kier molecular flexibility index (Phi) is 3.76. The van der Waals surface area contributed by atoms with E-state index in [0.717, 1.165) is 0 Å². The van der Waals surface area contributed by atoms with Gasteiger partial charge in [0, 0.05) is 18.6 Å². The molecule has 1 fully saturated rings. The third-order valence-electron chi connectivity index (χ3n) is 3.09. The van der Waals surface area contributed by atoms with Crippen molar-refractivity contribution in [2.24, 2.45) is 0 Å². The topological polar surface area (TPSA) is 100 Å². The lowest BCUT2D eigenvalue weighted by molar-refractivity contribution is -0.136. The zero-order valence-electron chi connectivity index (χ0n) is 11.8. The molecule has 0 unspecified atom stereocenters. The van der Waals surface area contributed by atoms with Gasteiger partial charge in [0.15, 0.2) is 5.69 Å². The SMILES string of the molecule is CC(C)(C)NCC(=O)N1CC(n2cc(C(=O)O)nn2)C1. The van der Waals surface area contributed by atoms with Crippen molar-refractivity contribution < 1.29 is 14.7 Å². The van der Waals surface area contributed by atoms with Gasteiger partial charge in [0.25, 0.3) is 0 Å². The van der Waals surface area contributed by atoms with E-state index in [-0.39, 0.29) is 23.2 Å². The quantitative estimate of drug-likeness (QED) is 0.789. The molecule has 8 nitrogen and oxygen atoms in total. The Labute approximate surface area is 116 Å². The van der Waals surface area contributed by atoms with E-state index in [1.54, 1.807) is 4.90 Å². The summed E-state index contributed by atoms with van der Waals surface area (Å²) in [5.41, 5.74) is -0.174. The Morgan fingerprint density at radius 1 is 1.45 bits per heavy atom. The Morgan fingerprint density at radius 3 is 2.60 bits per heavy atom. The molecule has 0 spiro atoms. The summed E-state index contributed by atoms with van der Waals surface area (Å²) in [4.78, 5) is 24.3. The molecule has 1 saturated heterocycles. The van der Waals surface area contributed by atoms with Crippen LogP contribution in [0.4, 0.5) is 0 Å². The molecule has 0 saturated carbocycles. The van der Waals surface area contributed by atoms with Crippen LogP contribution in [0.1, 0.15) is 37.3 Å². The van der Waals surface area contributed by atoms with Crippen LogP contribution in [0.2, 0.25) is 0 Å². The number of amides is 1. The highest BCUT2D eigenvalue weighted by molar-refractivity contribution is 5.84. The van der Waals surface area contributed by atoms with Crippen LogP contribution in [0.15, 0.2) is 6.20 Å². The van der Waals surface area contributed by atoms with Crippen LogP contribution in [-0.2, 0) is 4.79 Å². The van der Waals surface area contributed by atoms with E-state index in [9.17, 15) is 9.59 Å². The monoisotopic (exact) mass is 281 g/mol. The first-order chi connectivity index (χ1) is 9.26. The highest BCUT2D eigenvalue weighted by atomic mass is 16.4. The van der Waals surface area contributed by atoms with Crippen molar-refractivity contribution in [3.63, 3.8) is 0 Å². The molecule has 0 aliphatic carbocycles. The van der Waals surface area contributed by atoms with E-state index in [1.165, 1.54) is 10.9 Å². The Hall–Kier alpha value is -1.96. The minimum absolute atomic E-state index is 0.00851. The average molecular weight is 281 g/mol. The number of carbonyl (C=O) groups is 2. The number of aromatic carboxylic acids is 1. The van der Waals surface area contributed by atoms with Gasteiger partial charge in [0.2, 0.25) is 5.91 Å². The van der Waals surface area contributed by atoms with Crippen molar-refractivity contribution in [3.05, 3.63) is 11.9 Å². The van der Waals surface area contributed by atoms with Gasteiger partial charge in [-0.05, 0) is 20.8 Å². The fourth-order valence-corrected chi connectivity index (χ4v) is 1.83. The molecular weight excluding hydrogens is 262 g/mol. The normalized spacial score (nSPS) is 16.1. The number of likely N-dealkylation sites (tertiary alicyclic amines) is 1. The summed E-state index contributed by atoms with van der Waals surface area (Å²) in [5, 5.41) is 19.2. The van der Waals surface area contributed by atoms with Gasteiger partial charge in [-0.15, -0.1) is 5.10 Å². The maximum Gasteiger partial charge on any atom is 0.358 e. The van der Waals surface area contributed by atoms with Crippen LogP contribution in [0.3, 0.4) is 0 Å². The van der Waals surface area contributed by atoms with Crippen LogP contribution in [-0.4, -0.2) is 62.0 Å². The summed E-state index contributed by atoms with van der Waals surface area (Å²) < 4.78 is 1.50. The Balaban J connectivity index is 1.81. The first kappa shape index (κ1) is 14.4. The summed E-state index contributed by atoms with van der Waals surface area (Å²) >= 11 is 0. The Morgan fingerprint density at radius 2 is 2.10 bits per heavy atom. The van der Waals surface area contributed by atoms with E-state index in [1.807, 2.05) is 20.8 Å². The molecule has 1 aliphatic heterocycles. The minimum Gasteiger partial charge on any atom is -0.476 e. The molecule has 1 amide bonds. The first-order valence-corrected chi connectivity index (χ1v) is 6.44. The summed E-state index contributed by atoms with van der Waals surface area (Å²) in [7, 11) is 0. The average Bonchev–Trinajstić information content (AvgIpc) is 2.72. The molecule has 1 aromatic rings. The largest absolute Gasteiger partial charge is 0.476 e. The van der Waals surface area contributed by atoms with E-state index in [0.29, 0.717) is 19.6 Å². The van der Waals surface area contributed by atoms with Crippen molar-refractivity contribution in [2.45, 2.75) is 32.4 Å². The maximum atomic E-state index is 11.9. The molecular formula is C12H19N5O3. The summed E-state index contributed by atoms with van der Waals surface area (Å²) in [6.45, 7) is 7.38. The molecule has 1 aromatic heterocycles. The van der Waals surface area contributed by atoms with Crippen molar-refractivity contribution in [1.29, 1.82) is 0 Å². The van der Waals surface area contributed by atoms with Gasteiger partial charge < -0.3 is 15.3 Å². The molecule has 0 aromatic carbocycles.